The van der Waals surface area contributed by atoms with Crippen molar-refractivity contribution in [3.8, 4) is 11.4 Å². The van der Waals surface area contributed by atoms with Gasteiger partial charge in [0.05, 0.1) is 16.9 Å². The summed E-state index contributed by atoms with van der Waals surface area (Å²) in [6.07, 6.45) is -2.21. The van der Waals surface area contributed by atoms with Gasteiger partial charge in [0.1, 0.15) is 18.4 Å². The van der Waals surface area contributed by atoms with Gasteiger partial charge in [0, 0.05) is 5.56 Å². The lowest BCUT2D eigenvalue weighted by atomic mass is 10.1. The molecular formula is C17H11F5N4O2. The van der Waals surface area contributed by atoms with Gasteiger partial charge >= 0.3 is 12.8 Å². The number of anilines is 1. The van der Waals surface area contributed by atoms with Gasteiger partial charge in [-0.15, -0.1) is 0 Å². The maximum atomic E-state index is 13.0. The Morgan fingerprint density at radius 2 is 1.93 bits per heavy atom. The van der Waals surface area contributed by atoms with Crippen LogP contribution in [0.2, 0.25) is 0 Å². The predicted molar refractivity (Wildman–Crippen MR) is 87.4 cm³/mol. The number of benzene rings is 2. The Balaban J connectivity index is 1.95. The number of carbonyl (C=O) groups excluding carboxylic acids is 1. The second-order valence-electron chi connectivity index (χ2n) is 5.43. The second kappa shape index (κ2) is 7.62. The first-order valence-electron chi connectivity index (χ1n) is 7.66. The van der Waals surface area contributed by atoms with Gasteiger partial charge in [-0.05, 0) is 36.4 Å². The molecule has 1 N–H and O–H groups in total. The van der Waals surface area contributed by atoms with E-state index in [1.54, 1.807) is 0 Å². The number of ether oxygens (including phenoxy) is 1. The van der Waals surface area contributed by atoms with Crippen LogP contribution in [0.15, 0.2) is 55.1 Å². The topological polar surface area (TPSA) is 69.0 Å². The summed E-state index contributed by atoms with van der Waals surface area (Å²) in [7, 11) is 0. The Morgan fingerprint density at radius 3 is 2.57 bits per heavy atom. The molecule has 0 spiro atoms. The zero-order valence-corrected chi connectivity index (χ0v) is 13.8. The molecule has 0 aliphatic rings. The van der Waals surface area contributed by atoms with Crippen LogP contribution >= 0.6 is 0 Å². The quantitative estimate of drug-likeness (QED) is 0.656. The van der Waals surface area contributed by atoms with Crippen LogP contribution in [-0.4, -0.2) is 27.3 Å². The molecule has 0 saturated carbocycles. The average Bonchev–Trinajstić information content (AvgIpc) is 3.15. The molecule has 146 valence electrons. The summed E-state index contributed by atoms with van der Waals surface area (Å²) in [6, 6.07) is 7.58. The fourth-order valence-electron chi connectivity index (χ4n) is 2.35. The van der Waals surface area contributed by atoms with Gasteiger partial charge in [-0.3, -0.25) is 4.79 Å². The Kier molecular flexibility index (Phi) is 5.25. The number of carbonyl (C=O) groups is 1. The third kappa shape index (κ3) is 4.42. The first-order chi connectivity index (χ1) is 13.2. The molecule has 0 atom stereocenters. The monoisotopic (exact) mass is 398 g/mol. The Hall–Kier alpha value is -3.50. The summed E-state index contributed by atoms with van der Waals surface area (Å²) in [5, 5.41) is 6.17. The van der Waals surface area contributed by atoms with Crippen molar-refractivity contribution >= 4 is 11.6 Å². The number of hydrogen-bond donors (Lipinski definition) is 1. The maximum Gasteiger partial charge on any atom is 0.416 e. The standard InChI is InChI=1S/C17H11F5N4O2/c18-16(19)28-12-3-1-2-10(6-12)15(27)25-13-7-11(17(20,21)22)4-5-14(13)26-9-23-8-24-26/h1-9,16H,(H,25,27). The van der Waals surface area contributed by atoms with Gasteiger partial charge in [-0.2, -0.15) is 27.1 Å². The second-order valence-corrected chi connectivity index (χ2v) is 5.43. The van der Waals surface area contributed by atoms with E-state index >= 15 is 0 Å². The molecule has 1 aromatic heterocycles. The van der Waals surface area contributed by atoms with E-state index in [2.05, 4.69) is 20.1 Å². The molecule has 3 rings (SSSR count). The van der Waals surface area contributed by atoms with E-state index in [4.69, 9.17) is 0 Å². The molecule has 0 radical (unpaired) electrons. The van der Waals surface area contributed by atoms with E-state index in [0.717, 1.165) is 24.3 Å². The number of nitrogens with zero attached hydrogens (tertiary/aromatic N) is 3. The predicted octanol–water partition coefficient (Wildman–Crippen LogP) is 4.14. The number of amides is 1. The fourth-order valence-corrected chi connectivity index (χ4v) is 2.35. The van der Waals surface area contributed by atoms with Gasteiger partial charge in [-0.25, -0.2) is 9.67 Å². The maximum absolute atomic E-state index is 13.0. The number of aromatic nitrogens is 3. The van der Waals surface area contributed by atoms with Crippen molar-refractivity contribution in [3.05, 3.63) is 66.2 Å². The fraction of sp³-hybridized carbons (Fsp3) is 0.118. The van der Waals surface area contributed by atoms with Gasteiger partial charge in [-0.1, -0.05) is 6.07 Å². The highest BCUT2D eigenvalue weighted by molar-refractivity contribution is 6.05. The number of halogens is 5. The van der Waals surface area contributed by atoms with Crippen molar-refractivity contribution in [2.75, 3.05) is 5.32 Å². The van der Waals surface area contributed by atoms with Crippen LogP contribution in [-0.2, 0) is 6.18 Å². The summed E-state index contributed by atoms with van der Waals surface area (Å²) in [6.45, 7) is -3.08. The molecule has 1 heterocycles. The van der Waals surface area contributed by atoms with Crippen LogP contribution in [0.4, 0.5) is 27.6 Å². The van der Waals surface area contributed by atoms with Crippen LogP contribution < -0.4 is 10.1 Å². The zero-order valence-electron chi connectivity index (χ0n) is 13.8. The number of hydrogen-bond acceptors (Lipinski definition) is 4. The molecule has 0 saturated heterocycles. The van der Waals surface area contributed by atoms with Crippen molar-refractivity contribution in [3.63, 3.8) is 0 Å². The molecule has 2 aromatic carbocycles. The van der Waals surface area contributed by atoms with E-state index in [-0.39, 0.29) is 22.7 Å². The lowest BCUT2D eigenvalue weighted by molar-refractivity contribution is -0.137. The van der Waals surface area contributed by atoms with E-state index in [1.165, 1.54) is 35.5 Å². The van der Waals surface area contributed by atoms with E-state index in [9.17, 15) is 26.7 Å². The third-order valence-corrected chi connectivity index (χ3v) is 3.56. The Bertz CT molecular complexity index is 974. The molecule has 0 bridgehead atoms. The molecule has 28 heavy (non-hydrogen) atoms. The minimum Gasteiger partial charge on any atom is -0.435 e. The molecule has 0 aliphatic carbocycles. The summed E-state index contributed by atoms with van der Waals surface area (Å²) in [5.41, 5.74) is -1.12. The molecule has 1 amide bonds. The highest BCUT2D eigenvalue weighted by Gasteiger charge is 2.31. The van der Waals surface area contributed by atoms with E-state index < -0.39 is 24.3 Å². The van der Waals surface area contributed by atoms with Gasteiger partial charge in [0.15, 0.2) is 0 Å². The van der Waals surface area contributed by atoms with Gasteiger partial charge in [0.25, 0.3) is 5.91 Å². The normalized spacial score (nSPS) is 11.5. The number of alkyl halides is 5. The molecule has 0 aliphatic heterocycles. The zero-order chi connectivity index (χ0) is 20.3. The van der Waals surface area contributed by atoms with Crippen molar-refractivity contribution in [2.24, 2.45) is 0 Å². The minimum absolute atomic E-state index is 0.0832. The summed E-state index contributed by atoms with van der Waals surface area (Å²) in [5.74, 6) is -1.08. The summed E-state index contributed by atoms with van der Waals surface area (Å²) < 4.78 is 69.2. The SMILES string of the molecule is O=C(Nc1cc(C(F)(F)F)ccc1-n1cncn1)c1cccc(OC(F)F)c1. The average molecular weight is 398 g/mol. The molecular weight excluding hydrogens is 387 g/mol. The smallest absolute Gasteiger partial charge is 0.416 e. The Morgan fingerprint density at radius 1 is 1.14 bits per heavy atom. The first kappa shape index (κ1) is 19.3. The van der Waals surface area contributed by atoms with Crippen molar-refractivity contribution in [2.45, 2.75) is 12.8 Å². The lowest BCUT2D eigenvalue weighted by Gasteiger charge is -2.14. The van der Waals surface area contributed by atoms with Crippen LogP contribution in [0.25, 0.3) is 5.69 Å². The van der Waals surface area contributed by atoms with Crippen LogP contribution in [0.1, 0.15) is 15.9 Å². The van der Waals surface area contributed by atoms with Crippen LogP contribution in [0.3, 0.4) is 0 Å². The largest absolute Gasteiger partial charge is 0.435 e. The molecule has 6 nitrogen and oxygen atoms in total. The third-order valence-electron chi connectivity index (χ3n) is 3.56. The summed E-state index contributed by atoms with van der Waals surface area (Å²) in [4.78, 5) is 16.2. The van der Waals surface area contributed by atoms with Crippen molar-refractivity contribution in [1.29, 1.82) is 0 Å². The van der Waals surface area contributed by atoms with Crippen LogP contribution in [0.5, 0.6) is 5.75 Å². The van der Waals surface area contributed by atoms with Gasteiger partial charge in [0.2, 0.25) is 0 Å². The van der Waals surface area contributed by atoms with E-state index in [1.807, 2.05) is 0 Å². The van der Waals surface area contributed by atoms with Crippen molar-refractivity contribution < 1.29 is 31.5 Å². The van der Waals surface area contributed by atoms with Crippen molar-refractivity contribution in [1.82, 2.24) is 14.8 Å². The number of rotatable bonds is 5. The highest BCUT2D eigenvalue weighted by atomic mass is 19.4. The molecule has 3 aromatic rings. The molecule has 11 heteroatoms. The minimum atomic E-state index is -4.63. The van der Waals surface area contributed by atoms with E-state index in [0.29, 0.717) is 0 Å². The highest BCUT2D eigenvalue weighted by Crippen LogP contribution is 2.33. The number of nitrogens with one attached hydrogen (secondary N) is 1. The first-order valence-corrected chi connectivity index (χ1v) is 7.66. The molecule has 0 unspecified atom stereocenters. The summed E-state index contributed by atoms with van der Waals surface area (Å²) >= 11 is 0. The lowest BCUT2D eigenvalue weighted by Crippen LogP contribution is -2.16. The van der Waals surface area contributed by atoms with Gasteiger partial charge < -0.3 is 10.1 Å². The van der Waals surface area contributed by atoms with Crippen LogP contribution in [0, 0.1) is 0 Å². The molecule has 0 fully saturated rings. The Labute approximate surface area is 154 Å².